The van der Waals surface area contributed by atoms with Gasteiger partial charge >= 0.3 is 5.97 Å². The van der Waals surface area contributed by atoms with Crippen molar-refractivity contribution in [3.63, 3.8) is 0 Å². The van der Waals surface area contributed by atoms with Crippen LogP contribution in [0.25, 0.3) is 0 Å². The Morgan fingerprint density at radius 3 is 2.60 bits per heavy atom. The molecule has 0 aromatic rings. The fourth-order valence-corrected chi connectivity index (χ4v) is 6.95. The van der Waals surface area contributed by atoms with E-state index in [1.54, 1.807) is 6.08 Å². The molecule has 3 heteroatoms. The molecular formula is C22H26O3. The van der Waals surface area contributed by atoms with Crippen LogP contribution >= 0.6 is 0 Å². The van der Waals surface area contributed by atoms with Gasteiger partial charge in [0.2, 0.25) is 0 Å². The highest BCUT2D eigenvalue weighted by Crippen LogP contribution is 2.68. The molecule has 0 aromatic carbocycles. The molecule has 132 valence electrons. The van der Waals surface area contributed by atoms with Gasteiger partial charge < -0.3 is 4.74 Å². The van der Waals surface area contributed by atoms with Crippen LogP contribution in [0.2, 0.25) is 0 Å². The Morgan fingerprint density at radius 2 is 1.84 bits per heavy atom. The number of fused-ring (bicyclic) bond motifs is 6. The number of carbonyl (C=O) groups is 2. The normalized spacial score (nSPS) is 50.3. The largest absolute Gasteiger partial charge is 0.458 e. The first kappa shape index (κ1) is 15.6. The van der Waals surface area contributed by atoms with Crippen molar-refractivity contribution in [1.82, 2.24) is 0 Å². The van der Waals surface area contributed by atoms with Crippen LogP contribution in [-0.4, -0.2) is 17.4 Å². The minimum absolute atomic E-state index is 0.00547. The molecule has 4 aliphatic carbocycles. The van der Waals surface area contributed by atoms with E-state index in [0.29, 0.717) is 24.2 Å². The fourth-order valence-electron chi connectivity index (χ4n) is 6.95. The average Bonchev–Trinajstić information content (AvgIpc) is 3.10. The first-order valence-electron chi connectivity index (χ1n) is 9.73. The smallest absolute Gasteiger partial charge is 0.306 e. The van der Waals surface area contributed by atoms with Crippen LogP contribution in [0, 0.1) is 28.6 Å². The van der Waals surface area contributed by atoms with Crippen LogP contribution in [0.15, 0.2) is 36.0 Å². The molecule has 0 bridgehead atoms. The van der Waals surface area contributed by atoms with Crippen molar-refractivity contribution in [1.29, 1.82) is 0 Å². The minimum atomic E-state index is -0.219. The van der Waals surface area contributed by atoms with E-state index in [1.165, 1.54) is 5.57 Å². The standard InChI is InChI=1S/C22H26O3/c1-20-9-5-15(23)13-14(20)3-4-16-17(20)6-10-21(2)18(16)7-11-22(21)12-8-19(24)25-22/h3-5,9,13,16-18H,6-8,10-12H2,1-2H3/t16-,17+,18+,20+,21+,22-/m1/s1. The average molecular weight is 338 g/mol. The van der Waals surface area contributed by atoms with Gasteiger partial charge in [0.1, 0.15) is 5.60 Å². The lowest BCUT2D eigenvalue weighted by Crippen LogP contribution is -2.53. The molecule has 5 aliphatic rings. The second-order valence-corrected chi connectivity index (χ2v) is 9.23. The van der Waals surface area contributed by atoms with Crippen LogP contribution in [0.4, 0.5) is 0 Å². The van der Waals surface area contributed by atoms with Gasteiger partial charge in [0.25, 0.3) is 0 Å². The van der Waals surface area contributed by atoms with Crippen molar-refractivity contribution in [3.8, 4) is 0 Å². The number of ketones is 1. The number of rotatable bonds is 0. The summed E-state index contributed by atoms with van der Waals surface area (Å²) in [5, 5.41) is 0. The van der Waals surface area contributed by atoms with Gasteiger partial charge in [0, 0.05) is 17.3 Å². The molecular weight excluding hydrogens is 312 g/mol. The predicted octanol–water partition coefficient (Wildman–Crippen LogP) is 4.15. The molecule has 0 aromatic heterocycles. The van der Waals surface area contributed by atoms with Crippen LogP contribution < -0.4 is 0 Å². The molecule has 1 aliphatic heterocycles. The molecule has 1 heterocycles. The Hall–Kier alpha value is -1.64. The third kappa shape index (κ3) is 1.82. The van der Waals surface area contributed by atoms with Gasteiger partial charge in [-0.1, -0.05) is 32.1 Å². The quantitative estimate of drug-likeness (QED) is 0.623. The van der Waals surface area contributed by atoms with Crippen molar-refractivity contribution < 1.29 is 14.3 Å². The number of allylic oxidation sites excluding steroid dienone is 6. The second-order valence-electron chi connectivity index (χ2n) is 9.23. The van der Waals surface area contributed by atoms with Crippen LogP contribution in [0.1, 0.15) is 52.4 Å². The number of ether oxygens (including phenoxy) is 1. The van der Waals surface area contributed by atoms with Crippen LogP contribution in [0.3, 0.4) is 0 Å². The highest BCUT2D eigenvalue weighted by molar-refractivity contribution is 6.01. The Labute approximate surface area is 149 Å². The van der Waals surface area contributed by atoms with Crippen molar-refractivity contribution in [3.05, 3.63) is 36.0 Å². The summed E-state index contributed by atoms with van der Waals surface area (Å²) in [7, 11) is 0. The predicted molar refractivity (Wildman–Crippen MR) is 94.6 cm³/mol. The Bertz CT molecular complexity index is 759. The summed E-state index contributed by atoms with van der Waals surface area (Å²) in [5.74, 6) is 1.72. The summed E-state index contributed by atoms with van der Waals surface area (Å²) in [5.41, 5.74) is 1.01. The summed E-state index contributed by atoms with van der Waals surface area (Å²) < 4.78 is 5.97. The first-order chi connectivity index (χ1) is 11.9. The molecule has 0 N–H and O–H groups in total. The van der Waals surface area contributed by atoms with Gasteiger partial charge in [0.15, 0.2) is 5.78 Å². The van der Waals surface area contributed by atoms with Gasteiger partial charge in [-0.2, -0.15) is 0 Å². The Morgan fingerprint density at radius 1 is 1.04 bits per heavy atom. The molecule has 0 radical (unpaired) electrons. The molecule has 2 saturated carbocycles. The Kier molecular flexibility index (Phi) is 2.96. The van der Waals surface area contributed by atoms with Crippen LogP contribution in [0.5, 0.6) is 0 Å². The summed E-state index contributed by atoms with van der Waals surface area (Å²) in [4.78, 5) is 23.7. The van der Waals surface area contributed by atoms with Crippen molar-refractivity contribution in [2.24, 2.45) is 28.6 Å². The summed E-state index contributed by atoms with van der Waals surface area (Å²) >= 11 is 0. The number of esters is 1. The lowest BCUT2D eigenvalue weighted by molar-refractivity contribution is -0.164. The van der Waals surface area contributed by atoms with Crippen molar-refractivity contribution in [2.45, 2.75) is 58.0 Å². The maximum atomic E-state index is 11.9. The monoisotopic (exact) mass is 338 g/mol. The lowest BCUT2D eigenvalue weighted by Gasteiger charge is -2.56. The fraction of sp³-hybridized carbons (Fsp3) is 0.636. The maximum Gasteiger partial charge on any atom is 0.306 e. The summed E-state index contributed by atoms with van der Waals surface area (Å²) in [6, 6.07) is 0. The van der Waals surface area contributed by atoms with Crippen LogP contribution in [-0.2, 0) is 14.3 Å². The molecule has 6 atom stereocenters. The zero-order valence-corrected chi connectivity index (χ0v) is 15.1. The zero-order chi connectivity index (χ0) is 17.4. The van der Waals surface area contributed by atoms with Crippen molar-refractivity contribution >= 4 is 11.8 Å². The maximum absolute atomic E-state index is 11.9. The second kappa shape index (κ2) is 4.75. The lowest BCUT2D eigenvalue weighted by atomic mass is 9.49. The minimum Gasteiger partial charge on any atom is -0.458 e. The number of hydrogen-bond donors (Lipinski definition) is 0. The van der Waals surface area contributed by atoms with E-state index in [4.69, 9.17) is 4.74 Å². The van der Waals surface area contributed by atoms with Gasteiger partial charge in [0.05, 0.1) is 0 Å². The van der Waals surface area contributed by atoms with E-state index in [0.717, 1.165) is 32.1 Å². The van der Waals surface area contributed by atoms with Gasteiger partial charge in [-0.05, 0) is 67.6 Å². The van der Waals surface area contributed by atoms with Gasteiger partial charge in [-0.3, -0.25) is 9.59 Å². The highest BCUT2D eigenvalue weighted by Gasteiger charge is 2.66. The third-order valence-electron chi connectivity index (χ3n) is 8.45. The van der Waals surface area contributed by atoms with E-state index < -0.39 is 0 Å². The topological polar surface area (TPSA) is 43.4 Å². The first-order valence-corrected chi connectivity index (χ1v) is 9.73. The molecule has 3 nitrogen and oxygen atoms in total. The molecule has 5 rings (SSSR count). The van der Waals surface area contributed by atoms with E-state index in [2.05, 4.69) is 32.1 Å². The Balaban J connectivity index is 1.55. The van der Waals surface area contributed by atoms with E-state index in [9.17, 15) is 9.59 Å². The number of hydrogen-bond acceptors (Lipinski definition) is 3. The van der Waals surface area contributed by atoms with E-state index in [-0.39, 0.29) is 28.2 Å². The van der Waals surface area contributed by atoms with E-state index >= 15 is 0 Å². The van der Waals surface area contributed by atoms with Gasteiger partial charge in [-0.15, -0.1) is 0 Å². The summed E-state index contributed by atoms with van der Waals surface area (Å²) in [6.07, 6.45) is 16.2. The van der Waals surface area contributed by atoms with E-state index in [1.807, 2.05) is 6.08 Å². The highest BCUT2D eigenvalue weighted by atomic mass is 16.6. The molecule has 0 unspecified atom stereocenters. The molecule has 3 fully saturated rings. The molecule has 25 heavy (non-hydrogen) atoms. The molecule has 1 spiro atoms. The third-order valence-corrected chi connectivity index (χ3v) is 8.45. The SMILES string of the molecule is C[C@]12C=CC(=O)C=C1C=C[C@@H]1[C@@H]2CC[C@@]2(C)[C@H]1CC[C@@]21CCC(=O)O1. The van der Waals surface area contributed by atoms with Gasteiger partial charge in [-0.25, -0.2) is 0 Å². The molecule has 1 saturated heterocycles. The molecule has 0 amide bonds. The van der Waals surface area contributed by atoms with Crippen molar-refractivity contribution in [2.75, 3.05) is 0 Å². The number of carbonyl (C=O) groups excluding carboxylic acids is 2. The zero-order valence-electron chi connectivity index (χ0n) is 15.1. The summed E-state index contributed by atoms with van der Waals surface area (Å²) in [6.45, 7) is 4.67.